The third kappa shape index (κ3) is 4.28. The normalized spacial score (nSPS) is 13.6. The summed E-state index contributed by atoms with van der Waals surface area (Å²) in [6.07, 6.45) is 1.04. The van der Waals surface area contributed by atoms with Crippen molar-refractivity contribution in [3.8, 4) is 11.4 Å². The molecule has 0 atom stereocenters. The van der Waals surface area contributed by atoms with Crippen LogP contribution in [0.25, 0.3) is 11.4 Å². The van der Waals surface area contributed by atoms with Crippen molar-refractivity contribution < 1.29 is 17.7 Å². The van der Waals surface area contributed by atoms with E-state index in [-0.39, 0.29) is 23.2 Å². The first-order valence-electron chi connectivity index (χ1n) is 9.77. The van der Waals surface area contributed by atoms with Gasteiger partial charge in [-0.3, -0.25) is 4.79 Å². The maximum atomic E-state index is 13.1. The van der Waals surface area contributed by atoms with Crippen LogP contribution in [-0.4, -0.2) is 42.4 Å². The Morgan fingerprint density at radius 2 is 2.06 bits per heavy atom. The molecule has 0 spiro atoms. The van der Waals surface area contributed by atoms with Crippen molar-refractivity contribution >= 4 is 37.5 Å². The number of nitrogens with zero attached hydrogens (tertiary/aromatic N) is 4. The summed E-state index contributed by atoms with van der Waals surface area (Å²) in [5, 5.41) is 3.95. The molecule has 2 aromatic carbocycles. The second-order valence-electron chi connectivity index (χ2n) is 7.22. The predicted octanol–water partition coefficient (Wildman–Crippen LogP) is 3.62. The van der Waals surface area contributed by atoms with Crippen molar-refractivity contribution in [3.63, 3.8) is 0 Å². The smallest absolute Gasteiger partial charge is 0.243 e. The Balaban J connectivity index is 1.53. The molecule has 0 fully saturated rings. The lowest BCUT2D eigenvalue weighted by molar-refractivity contribution is -0.118. The molecule has 4 rings (SSSR count). The molecule has 31 heavy (non-hydrogen) atoms. The van der Waals surface area contributed by atoms with Gasteiger partial charge >= 0.3 is 0 Å². The molecule has 1 aliphatic rings. The number of carbonyl (C=O) groups excluding carboxylic acids is 1. The van der Waals surface area contributed by atoms with Crippen molar-refractivity contribution in [2.24, 2.45) is 0 Å². The van der Waals surface area contributed by atoms with E-state index in [4.69, 9.17) is 4.52 Å². The Kier molecular flexibility index (Phi) is 5.96. The minimum atomic E-state index is -3.77. The van der Waals surface area contributed by atoms with Gasteiger partial charge in [-0.2, -0.15) is 9.29 Å². The van der Waals surface area contributed by atoms with Crippen molar-refractivity contribution in [1.29, 1.82) is 0 Å². The number of sulfonamides is 1. The Labute approximate surface area is 189 Å². The molecule has 1 amide bonds. The zero-order valence-corrected chi connectivity index (χ0v) is 19.5. The first kappa shape index (κ1) is 21.7. The highest BCUT2D eigenvalue weighted by molar-refractivity contribution is 9.10. The van der Waals surface area contributed by atoms with Gasteiger partial charge in [0.1, 0.15) is 0 Å². The summed E-state index contributed by atoms with van der Waals surface area (Å²) < 4.78 is 33.5. The molecule has 0 saturated carbocycles. The molecular formula is C21H21BrN4O4S. The Bertz CT molecular complexity index is 1240. The molecule has 0 unspecified atom stereocenters. The van der Waals surface area contributed by atoms with Crippen molar-refractivity contribution in [1.82, 2.24) is 14.4 Å². The van der Waals surface area contributed by atoms with E-state index in [2.05, 4.69) is 26.1 Å². The van der Waals surface area contributed by atoms with E-state index in [1.807, 2.05) is 31.2 Å². The van der Waals surface area contributed by atoms with Gasteiger partial charge in [0.25, 0.3) is 0 Å². The van der Waals surface area contributed by atoms with Gasteiger partial charge in [-0.25, -0.2) is 8.42 Å². The first-order valence-corrected chi connectivity index (χ1v) is 12.0. The zero-order valence-electron chi connectivity index (χ0n) is 17.1. The molecule has 0 aliphatic carbocycles. The molecule has 1 aromatic heterocycles. The molecule has 2 heterocycles. The van der Waals surface area contributed by atoms with Gasteiger partial charge in [0.05, 0.1) is 11.4 Å². The quantitative estimate of drug-likeness (QED) is 0.508. The lowest BCUT2D eigenvalue weighted by Crippen LogP contribution is -2.28. The summed E-state index contributed by atoms with van der Waals surface area (Å²) in [6, 6.07) is 12.3. The highest BCUT2D eigenvalue weighted by atomic mass is 79.9. The van der Waals surface area contributed by atoms with Crippen molar-refractivity contribution in [2.75, 3.05) is 18.5 Å². The number of benzene rings is 2. The molecule has 3 aromatic rings. The number of hydrogen-bond acceptors (Lipinski definition) is 6. The van der Waals surface area contributed by atoms with Crippen LogP contribution in [0.4, 0.5) is 5.69 Å². The highest BCUT2D eigenvalue weighted by Gasteiger charge is 2.28. The minimum Gasteiger partial charge on any atom is -0.338 e. The van der Waals surface area contributed by atoms with E-state index >= 15 is 0 Å². The van der Waals surface area contributed by atoms with E-state index in [0.717, 1.165) is 21.3 Å². The third-order valence-electron chi connectivity index (χ3n) is 5.17. The second kappa shape index (κ2) is 8.52. The number of hydrogen-bond donors (Lipinski definition) is 0. The molecule has 0 saturated heterocycles. The van der Waals surface area contributed by atoms with Gasteiger partial charge in [0.15, 0.2) is 0 Å². The molecule has 0 N–H and O–H groups in total. The summed E-state index contributed by atoms with van der Waals surface area (Å²) in [5.41, 5.74) is 2.40. The van der Waals surface area contributed by atoms with Gasteiger partial charge in [-0.15, -0.1) is 0 Å². The van der Waals surface area contributed by atoms with Gasteiger partial charge in [0.2, 0.25) is 27.6 Å². The van der Waals surface area contributed by atoms with Crippen molar-refractivity contribution in [3.05, 3.63) is 58.4 Å². The standard InChI is InChI=1S/C21H21BrN4O4S/c1-3-20(27)26-10-9-14-12-17(7-8-18(14)26)31(28,29)25(2)13-19-23-21(24-30-19)15-5-4-6-16(22)11-15/h4-8,11-12H,3,9-10,13H2,1-2H3. The van der Waals surface area contributed by atoms with Crippen LogP contribution in [0.5, 0.6) is 0 Å². The summed E-state index contributed by atoms with van der Waals surface area (Å²) in [4.78, 5) is 18.3. The number of anilines is 1. The number of carbonyl (C=O) groups is 1. The van der Waals surface area contributed by atoms with Crippen LogP contribution in [0.1, 0.15) is 24.8 Å². The van der Waals surface area contributed by atoms with Crippen molar-refractivity contribution in [2.45, 2.75) is 31.2 Å². The maximum Gasteiger partial charge on any atom is 0.243 e. The fraction of sp³-hybridized carbons (Fsp3) is 0.286. The number of aromatic nitrogens is 2. The zero-order chi connectivity index (χ0) is 22.2. The highest BCUT2D eigenvalue weighted by Crippen LogP contribution is 2.31. The monoisotopic (exact) mass is 504 g/mol. The molecule has 0 bridgehead atoms. The van der Waals surface area contributed by atoms with Crippen LogP contribution in [0.15, 0.2) is 56.4 Å². The first-order chi connectivity index (χ1) is 14.8. The Morgan fingerprint density at radius 3 is 2.81 bits per heavy atom. The molecule has 0 radical (unpaired) electrons. The van der Waals surface area contributed by atoms with Gasteiger partial charge in [-0.1, -0.05) is 40.1 Å². The van der Waals surface area contributed by atoms with Gasteiger partial charge in [0, 0.05) is 35.7 Å². The minimum absolute atomic E-state index is 0.0316. The number of rotatable bonds is 6. The van der Waals surface area contributed by atoms with Gasteiger partial charge < -0.3 is 9.42 Å². The van der Waals surface area contributed by atoms with E-state index in [1.165, 1.54) is 17.4 Å². The van der Waals surface area contributed by atoms with Gasteiger partial charge in [-0.05, 0) is 42.3 Å². The number of halogens is 1. The SMILES string of the molecule is CCC(=O)N1CCc2cc(S(=O)(=O)N(C)Cc3nc(-c4cccc(Br)c4)no3)ccc21. The summed E-state index contributed by atoms with van der Waals surface area (Å²) in [5.74, 6) is 0.617. The van der Waals surface area contributed by atoms with Crippen LogP contribution >= 0.6 is 15.9 Å². The molecule has 10 heteroatoms. The molecular weight excluding hydrogens is 484 g/mol. The largest absolute Gasteiger partial charge is 0.338 e. The summed E-state index contributed by atoms with van der Waals surface area (Å²) in [6.45, 7) is 2.33. The lowest BCUT2D eigenvalue weighted by atomic mass is 10.2. The lowest BCUT2D eigenvalue weighted by Gasteiger charge is -2.18. The number of fused-ring (bicyclic) bond motifs is 1. The van der Waals surface area contributed by atoms with Crippen LogP contribution < -0.4 is 4.90 Å². The average Bonchev–Trinajstić information content (AvgIpc) is 3.39. The maximum absolute atomic E-state index is 13.1. The predicted molar refractivity (Wildman–Crippen MR) is 119 cm³/mol. The van der Waals surface area contributed by atoms with Crippen LogP contribution in [-0.2, 0) is 27.8 Å². The van der Waals surface area contributed by atoms with E-state index in [0.29, 0.717) is 25.2 Å². The van der Waals surface area contributed by atoms with Crippen LogP contribution in [0, 0.1) is 0 Å². The van der Waals surface area contributed by atoms with E-state index in [1.54, 1.807) is 17.0 Å². The average molecular weight is 505 g/mol. The molecule has 162 valence electrons. The van der Waals surface area contributed by atoms with E-state index in [9.17, 15) is 13.2 Å². The molecule has 1 aliphatic heterocycles. The molecule has 8 nitrogen and oxygen atoms in total. The number of amides is 1. The topological polar surface area (TPSA) is 96.6 Å². The Morgan fingerprint density at radius 1 is 1.26 bits per heavy atom. The summed E-state index contributed by atoms with van der Waals surface area (Å²) >= 11 is 3.40. The summed E-state index contributed by atoms with van der Waals surface area (Å²) in [7, 11) is -2.30. The fourth-order valence-electron chi connectivity index (χ4n) is 3.51. The second-order valence-corrected chi connectivity index (χ2v) is 10.2. The van der Waals surface area contributed by atoms with Crippen LogP contribution in [0.2, 0.25) is 0 Å². The van der Waals surface area contributed by atoms with Crippen LogP contribution in [0.3, 0.4) is 0 Å². The third-order valence-corrected chi connectivity index (χ3v) is 7.46. The fourth-order valence-corrected chi connectivity index (χ4v) is 5.08. The Hall–Kier alpha value is -2.56. The van der Waals surface area contributed by atoms with E-state index < -0.39 is 10.0 Å².